The Labute approximate surface area is 418 Å². The molecule has 68 heavy (non-hydrogen) atoms. The van der Waals surface area contributed by atoms with Crippen molar-refractivity contribution in [3.63, 3.8) is 0 Å². The van der Waals surface area contributed by atoms with Crippen LogP contribution in [0.2, 0.25) is 0 Å². The van der Waals surface area contributed by atoms with Crippen LogP contribution in [0.5, 0.6) is 0 Å². The molecule has 10 atom stereocenters. The molecule has 1 aromatic rings. The van der Waals surface area contributed by atoms with E-state index in [0.717, 1.165) is 0 Å². The van der Waals surface area contributed by atoms with Gasteiger partial charge in [0.05, 0.1) is 46.3 Å². The van der Waals surface area contributed by atoms with Gasteiger partial charge in [0, 0.05) is 0 Å². The van der Waals surface area contributed by atoms with E-state index < -0.39 is 0 Å². The van der Waals surface area contributed by atoms with Crippen molar-refractivity contribution in [2.45, 2.75) is 271 Å². The van der Waals surface area contributed by atoms with Gasteiger partial charge in [-0.15, -0.1) is 0 Å². The summed E-state index contributed by atoms with van der Waals surface area (Å²) in [5.74, 6) is 0. The average Bonchev–Trinajstić information content (AvgIpc) is 4.10. The van der Waals surface area contributed by atoms with E-state index >= 15 is 0 Å². The van der Waals surface area contributed by atoms with Gasteiger partial charge < -0.3 is 23.7 Å². The molecule has 0 aromatic heterocycles. The fourth-order valence-corrected chi connectivity index (χ4v) is 14.0. The summed E-state index contributed by atoms with van der Waals surface area (Å²) in [5, 5.41) is 0. The SMILES string of the molecule is C.C.CC1=C(C)C2(C(C)(C)C)CCC1(C(C)(C)C)O2.CC1=C(C)C2(C(C)(C)C)CCC1(C)O2.CC1=C(C)C2(C(C)(C)C)CCC1O2.CC1=C(C)C2C=CC1O2.CC1=C(C)C2OC1c1ccccc12. The van der Waals surface area contributed by atoms with Crippen LogP contribution in [0.4, 0.5) is 0 Å². The van der Waals surface area contributed by atoms with Crippen molar-refractivity contribution < 1.29 is 23.7 Å². The molecule has 5 nitrogen and oxygen atoms in total. The summed E-state index contributed by atoms with van der Waals surface area (Å²) in [6.07, 6.45) is 13.0. The molecule has 382 valence electrons. The molecule has 0 aliphatic carbocycles. The van der Waals surface area contributed by atoms with E-state index in [2.05, 4.69) is 196 Å². The van der Waals surface area contributed by atoms with E-state index in [-0.39, 0.29) is 76.7 Å². The zero-order chi connectivity index (χ0) is 49.3. The maximum Gasteiger partial charge on any atom is 0.105 e. The summed E-state index contributed by atoms with van der Waals surface area (Å²) in [6.45, 7) is 52.0. The predicted molar refractivity (Wildman–Crippen MR) is 288 cm³/mol. The van der Waals surface area contributed by atoms with Gasteiger partial charge in [0.2, 0.25) is 0 Å². The molecular formula is C63H100O5. The Morgan fingerprint density at radius 3 is 1.09 bits per heavy atom. The lowest BCUT2D eigenvalue weighted by Gasteiger charge is -2.42. The summed E-state index contributed by atoms with van der Waals surface area (Å²) < 4.78 is 30.7. The van der Waals surface area contributed by atoms with Gasteiger partial charge in [-0.25, -0.2) is 0 Å². The van der Waals surface area contributed by atoms with Gasteiger partial charge in [0.25, 0.3) is 0 Å². The zero-order valence-electron chi connectivity index (χ0n) is 46.1. The van der Waals surface area contributed by atoms with Gasteiger partial charge >= 0.3 is 0 Å². The van der Waals surface area contributed by atoms with Crippen LogP contribution in [-0.4, -0.2) is 46.3 Å². The Bertz CT molecular complexity index is 2210. The van der Waals surface area contributed by atoms with E-state index in [1.54, 1.807) is 0 Å². The third kappa shape index (κ3) is 8.32. The van der Waals surface area contributed by atoms with E-state index in [1.807, 2.05) is 0 Å². The first-order valence-corrected chi connectivity index (χ1v) is 25.7. The van der Waals surface area contributed by atoms with Gasteiger partial charge in [0.15, 0.2) is 0 Å². The molecule has 3 saturated heterocycles. The number of hydrogen-bond donors (Lipinski definition) is 0. The Morgan fingerprint density at radius 1 is 0.426 bits per heavy atom. The van der Waals surface area contributed by atoms with Crippen molar-refractivity contribution >= 4 is 0 Å². The molecule has 0 radical (unpaired) electrons. The minimum absolute atomic E-state index is 0. The van der Waals surface area contributed by atoms with Crippen molar-refractivity contribution in [3.8, 4) is 0 Å². The minimum atomic E-state index is -0.0234. The van der Waals surface area contributed by atoms with E-state index in [0.29, 0.717) is 18.3 Å². The fraction of sp³-hybridized carbons (Fsp3) is 0.714. The van der Waals surface area contributed by atoms with Crippen molar-refractivity contribution in [2.24, 2.45) is 21.7 Å². The van der Waals surface area contributed by atoms with Crippen LogP contribution in [0.3, 0.4) is 0 Å². The van der Waals surface area contributed by atoms with Crippen LogP contribution in [0, 0.1) is 21.7 Å². The summed E-state index contributed by atoms with van der Waals surface area (Å²) in [7, 11) is 0. The van der Waals surface area contributed by atoms with Crippen molar-refractivity contribution in [1.29, 1.82) is 0 Å². The molecule has 10 unspecified atom stereocenters. The van der Waals surface area contributed by atoms with Crippen molar-refractivity contribution in [3.05, 3.63) is 103 Å². The van der Waals surface area contributed by atoms with Crippen LogP contribution in [0.25, 0.3) is 0 Å². The maximum atomic E-state index is 6.73. The Balaban J connectivity index is 0.000000159. The van der Waals surface area contributed by atoms with E-state index in [9.17, 15) is 0 Å². The first-order chi connectivity index (χ1) is 30.2. The Morgan fingerprint density at radius 2 is 0.809 bits per heavy atom. The number of ether oxygens (including phenoxy) is 5. The second-order valence-electron chi connectivity index (χ2n) is 26.3. The van der Waals surface area contributed by atoms with Crippen LogP contribution in [0.1, 0.15) is 236 Å². The number of fused-ring (bicyclic) bond motifs is 13. The summed E-state index contributed by atoms with van der Waals surface area (Å²) >= 11 is 0. The molecule has 0 spiro atoms. The molecule has 0 saturated carbocycles. The topological polar surface area (TPSA) is 46.2 Å². The number of benzene rings is 1. The van der Waals surface area contributed by atoms with Crippen LogP contribution >= 0.6 is 0 Å². The number of rotatable bonds is 0. The molecule has 0 amide bonds. The highest BCUT2D eigenvalue weighted by molar-refractivity contribution is 5.49. The standard InChI is InChI=1S/C16H28O.C13H22O.C12H12O.C12H20O.C8H10O.2CH4/c1-11-12(2)16(14(6,7)8)10-9-15(11,17-16)13(3,4)5;1-9-10(2)13(11(3,4)5)8-7-12(9,6)14-13;1-7-8(2)12-10-6-4-3-5-9(10)11(7)13-12;1-8-9(2)12(11(3,4)5)7-6-10(8)13-12;1-5-6(2)8-4-3-7(5)9-8;;/h9-10H2,1-8H3;7-8H2,1-6H3;3-6,11-12H,1-2H3;10H,6-7H2,1-5H3;3-4,7-8H,1-2H3;2*1H4. The first kappa shape index (κ1) is 56.4. The smallest absolute Gasteiger partial charge is 0.105 e. The third-order valence-electron chi connectivity index (χ3n) is 19.4. The number of hydrogen-bond acceptors (Lipinski definition) is 5. The van der Waals surface area contributed by atoms with E-state index in [4.69, 9.17) is 23.7 Å². The molecule has 10 bridgehead atoms. The quantitative estimate of drug-likeness (QED) is 0.243. The minimum Gasteiger partial charge on any atom is -0.363 e. The first-order valence-electron chi connectivity index (χ1n) is 25.7. The lowest BCUT2D eigenvalue weighted by atomic mass is 9.62. The molecule has 1 aromatic carbocycles. The summed E-state index contributed by atoms with van der Waals surface area (Å²) in [6, 6.07) is 8.53. The predicted octanol–water partition coefficient (Wildman–Crippen LogP) is 17.8. The Hall–Kier alpha value is -2.54. The molecule has 5 heteroatoms. The molecule has 3 fully saturated rings. The van der Waals surface area contributed by atoms with Crippen LogP contribution < -0.4 is 0 Å². The maximum absolute atomic E-state index is 6.73. The Kier molecular flexibility index (Phi) is 15.1. The monoisotopic (exact) mass is 937 g/mol. The highest BCUT2D eigenvalue weighted by Gasteiger charge is 2.66. The average molecular weight is 937 g/mol. The molecule has 11 rings (SSSR count). The second-order valence-corrected chi connectivity index (χ2v) is 26.3. The lowest BCUT2D eigenvalue weighted by molar-refractivity contribution is -0.133. The van der Waals surface area contributed by atoms with Crippen LogP contribution in [-0.2, 0) is 23.7 Å². The summed E-state index contributed by atoms with van der Waals surface area (Å²) in [5.41, 5.74) is 18.2. The normalized spacial score (nSPS) is 36.5. The molecule has 10 aliphatic rings. The third-order valence-corrected chi connectivity index (χ3v) is 19.4. The van der Waals surface area contributed by atoms with E-state index in [1.165, 1.54) is 105 Å². The van der Waals surface area contributed by atoms with Gasteiger partial charge in [-0.05, 0) is 203 Å². The highest BCUT2D eigenvalue weighted by atomic mass is 16.5. The fourth-order valence-electron chi connectivity index (χ4n) is 14.0. The van der Waals surface area contributed by atoms with Gasteiger partial charge in [0.1, 0.15) is 12.2 Å². The van der Waals surface area contributed by atoms with Gasteiger partial charge in [-0.2, -0.15) is 0 Å². The van der Waals surface area contributed by atoms with Crippen LogP contribution in [0.15, 0.2) is 92.1 Å². The second kappa shape index (κ2) is 18.2. The van der Waals surface area contributed by atoms with Crippen molar-refractivity contribution in [1.82, 2.24) is 0 Å². The molecule has 10 heterocycles. The van der Waals surface area contributed by atoms with Crippen molar-refractivity contribution in [2.75, 3.05) is 0 Å². The van der Waals surface area contributed by atoms with Gasteiger partial charge in [-0.1, -0.05) is 134 Å². The van der Waals surface area contributed by atoms with Gasteiger partial charge in [-0.3, -0.25) is 0 Å². The molecule has 0 N–H and O–H groups in total. The zero-order valence-corrected chi connectivity index (χ0v) is 46.1. The lowest BCUT2D eigenvalue weighted by Crippen LogP contribution is -2.44. The summed E-state index contributed by atoms with van der Waals surface area (Å²) in [4.78, 5) is 0. The molecular weight excluding hydrogens is 837 g/mol. The highest BCUT2D eigenvalue weighted by Crippen LogP contribution is 2.65. The molecule has 10 aliphatic heterocycles. The largest absolute Gasteiger partial charge is 0.363 e.